The molecule has 1 aliphatic heterocycles. The fraction of sp³-hybridized carbons (Fsp3) is 0.727. The van der Waals surface area contributed by atoms with Gasteiger partial charge in [-0.05, 0) is 19.1 Å². The monoisotopic (exact) mass is 258 g/mol. The van der Waals surface area contributed by atoms with E-state index >= 15 is 0 Å². The first-order chi connectivity index (χ1) is 8.02. The Morgan fingerprint density at radius 3 is 2.53 bits per heavy atom. The lowest BCUT2D eigenvalue weighted by atomic mass is 10.0. The highest BCUT2D eigenvalue weighted by Crippen LogP contribution is 2.18. The number of hydrogen-bond donors (Lipinski definition) is 1. The predicted molar refractivity (Wildman–Crippen MR) is 66.6 cm³/mol. The summed E-state index contributed by atoms with van der Waals surface area (Å²) in [4.78, 5) is 36.3. The van der Waals surface area contributed by atoms with Crippen molar-refractivity contribution in [2.45, 2.75) is 33.2 Å². The number of nitrogens with zero attached hydrogens (tertiary/aromatic N) is 1. The lowest BCUT2D eigenvalue weighted by Crippen LogP contribution is -2.60. The highest BCUT2D eigenvalue weighted by atomic mass is 32.2. The van der Waals surface area contributed by atoms with Crippen LogP contribution in [-0.2, 0) is 9.59 Å². The summed E-state index contributed by atoms with van der Waals surface area (Å²) in [6.07, 6.45) is 0.419. The van der Waals surface area contributed by atoms with Crippen molar-refractivity contribution in [3.8, 4) is 0 Å². The zero-order chi connectivity index (χ0) is 13.0. The first-order valence-electron chi connectivity index (χ1n) is 5.78. The molecule has 5 nitrogen and oxygen atoms in total. The van der Waals surface area contributed by atoms with Crippen LogP contribution in [0.3, 0.4) is 0 Å². The van der Waals surface area contributed by atoms with Crippen molar-refractivity contribution in [3.63, 3.8) is 0 Å². The first kappa shape index (κ1) is 14.0. The quantitative estimate of drug-likeness (QED) is 0.753. The van der Waals surface area contributed by atoms with Crippen molar-refractivity contribution in [3.05, 3.63) is 0 Å². The minimum absolute atomic E-state index is 0.186. The Bertz CT molecular complexity index is 333. The summed E-state index contributed by atoms with van der Waals surface area (Å²) < 4.78 is 0. The summed E-state index contributed by atoms with van der Waals surface area (Å²) in [7, 11) is 0. The van der Waals surface area contributed by atoms with E-state index in [1.165, 1.54) is 4.90 Å². The van der Waals surface area contributed by atoms with Crippen LogP contribution in [0.4, 0.5) is 4.79 Å². The molecule has 6 heteroatoms. The predicted octanol–water partition coefficient (Wildman–Crippen LogP) is 1.23. The van der Waals surface area contributed by atoms with Crippen molar-refractivity contribution in [2.24, 2.45) is 5.92 Å². The number of imide groups is 2. The van der Waals surface area contributed by atoms with Crippen LogP contribution in [0.15, 0.2) is 0 Å². The van der Waals surface area contributed by atoms with E-state index in [2.05, 4.69) is 5.32 Å². The number of thioether (sulfide) groups is 1. The number of barbiturate groups is 1. The first-order valence-corrected chi connectivity index (χ1v) is 6.94. The van der Waals surface area contributed by atoms with Crippen LogP contribution in [0.5, 0.6) is 0 Å². The Hall–Kier alpha value is -1.04. The van der Waals surface area contributed by atoms with Gasteiger partial charge < -0.3 is 0 Å². The molecular formula is C11H18N2O3S. The second-order valence-corrected chi connectivity index (χ2v) is 5.29. The summed E-state index contributed by atoms with van der Waals surface area (Å²) >= 11 is 1.66. The van der Waals surface area contributed by atoms with Crippen molar-refractivity contribution < 1.29 is 14.4 Å². The molecule has 1 fully saturated rings. The normalized spacial score (nSPS) is 22.6. The average molecular weight is 258 g/mol. The second-order valence-electron chi connectivity index (χ2n) is 3.97. The fourth-order valence-electron chi connectivity index (χ4n) is 1.77. The molecule has 1 N–H and O–H groups in total. The average Bonchev–Trinajstić information content (AvgIpc) is 2.26. The Morgan fingerprint density at radius 2 is 2.00 bits per heavy atom. The minimum Gasteiger partial charge on any atom is -0.277 e. The van der Waals surface area contributed by atoms with Crippen LogP contribution in [0.2, 0.25) is 0 Å². The molecule has 0 spiro atoms. The van der Waals surface area contributed by atoms with Crippen LogP contribution in [0.1, 0.15) is 27.2 Å². The van der Waals surface area contributed by atoms with E-state index in [-0.39, 0.29) is 11.9 Å². The van der Waals surface area contributed by atoms with Gasteiger partial charge in [-0.1, -0.05) is 13.8 Å². The largest absolute Gasteiger partial charge is 0.331 e. The number of amides is 4. The van der Waals surface area contributed by atoms with E-state index in [0.29, 0.717) is 12.2 Å². The number of rotatable bonds is 5. The molecule has 1 aliphatic rings. The molecule has 0 aromatic rings. The highest BCUT2D eigenvalue weighted by molar-refractivity contribution is 7.99. The maximum atomic E-state index is 12.0. The number of nitrogens with one attached hydrogen (secondary N) is 1. The topological polar surface area (TPSA) is 66.5 Å². The van der Waals surface area contributed by atoms with Crippen molar-refractivity contribution in [1.29, 1.82) is 0 Å². The maximum Gasteiger partial charge on any atom is 0.331 e. The Balaban J connectivity index is 2.79. The molecule has 2 unspecified atom stereocenters. The molecule has 1 saturated heterocycles. The van der Waals surface area contributed by atoms with Gasteiger partial charge in [-0.25, -0.2) is 4.79 Å². The maximum absolute atomic E-state index is 12.0. The van der Waals surface area contributed by atoms with Crippen LogP contribution in [0, 0.1) is 5.92 Å². The number of carbonyl (C=O) groups excluding carboxylic acids is 3. The van der Waals surface area contributed by atoms with Gasteiger partial charge in [0, 0.05) is 11.8 Å². The molecule has 0 aromatic carbocycles. The highest BCUT2D eigenvalue weighted by Gasteiger charge is 2.41. The number of carbonyl (C=O) groups is 3. The third kappa shape index (κ3) is 3.00. The lowest BCUT2D eigenvalue weighted by molar-refractivity contribution is -0.143. The van der Waals surface area contributed by atoms with Crippen LogP contribution < -0.4 is 5.32 Å². The van der Waals surface area contributed by atoms with Gasteiger partial charge >= 0.3 is 6.03 Å². The number of urea groups is 1. The van der Waals surface area contributed by atoms with Crippen LogP contribution in [0.25, 0.3) is 0 Å². The molecule has 4 amide bonds. The Morgan fingerprint density at radius 1 is 1.35 bits per heavy atom. The van der Waals surface area contributed by atoms with Gasteiger partial charge in [0.1, 0.15) is 5.92 Å². The van der Waals surface area contributed by atoms with Gasteiger partial charge in [0.2, 0.25) is 11.8 Å². The molecule has 1 heterocycles. The van der Waals surface area contributed by atoms with Crippen LogP contribution in [-0.4, -0.2) is 40.3 Å². The van der Waals surface area contributed by atoms with E-state index in [0.717, 1.165) is 5.75 Å². The van der Waals surface area contributed by atoms with E-state index < -0.39 is 17.9 Å². The van der Waals surface area contributed by atoms with Crippen molar-refractivity contribution >= 4 is 29.6 Å². The van der Waals surface area contributed by atoms with E-state index in [9.17, 15) is 14.4 Å². The molecule has 2 atom stereocenters. The summed E-state index contributed by atoms with van der Waals surface area (Å²) in [5.41, 5.74) is 0. The molecule has 0 aromatic heterocycles. The smallest absolute Gasteiger partial charge is 0.277 e. The van der Waals surface area contributed by atoms with Gasteiger partial charge in [0.25, 0.3) is 0 Å². The second kappa shape index (κ2) is 6.05. The standard InChI is InChI=1S/C11H18N2O3S/c1-4-8-9(14)12-11(16)13(10(8)15)7(3)6-17-5-2/h7-8H,4-6H2,1-3H3,(H,12,14,16). The van der Waals surface area contributed by atoms with Gasteiger partial charge in [-0.2, -0.15) is 11.8 Å². The molecule has 0 bridgehead atoms. The van der Waals surface area contributed by atoms with Gasteiger partial charge in [0.15, 0.2) is 0 Å². The van der Waals surface area contributed by atoms with Gasteiger partial charge in [-0.3, -0.25) is 19.8 Å². The Labute approximate surface area is 105 Å². The molecular weight excluding hydrogens is 240 g/mol. The summed E-state index contributed by atoms with van der Waals surface area (Å²) in [6.45, 7) is 5.61. The third-order valence-electron chi connectivity index (χ3n) is 2.71. The molecule has 0 saturated carbocycles. The third-order valence-corrected chi connectivity index (χ3v) is 3.84. The molecule has 0 radical (unpaired) electrons. The minimum atomic E-state index is -0.721. The van der Waals surface area contributed by atoms with Gasteiger partial charge in [0.05, 0.1) is 0 Å². The van der Waals surface area contributed by atoms with E-state index in [1.54, 1.807) is 18.7 Å². The molecule has 96 valence electrons. The van der Waals surface area contributed by atoms with Gasteiger partial charge in [-0.15, -0.1) is 0 Å². The zero-order valence-electron chi connectivity index (χ0n) is 10.4. The molecule has 0 aliphatic carbocycles. The fourth-order valence-corrected chi connectivity index (χ4v) is 2.50. The summed E-state index contributed by atoms with van der Waals surface area (Å²) in [6, 6.07) is -0.775. The zero-order valence-corrected chi connectivity index (χ0v) is 11.2. The molecule has 17 heavy (non-hydrogen) atoms. The van der Waals surface area contributed by atoms with E-state index in [1.807, 2.05) is 13.8 Å². The lowest BCUT2D eigenvalue weighted by Gasteiger charge is -2.33. The molecule has 1 rings (SSSR count). The van der Waals surface area contributed by atoms with Crippen molar-refractivity contribution in [1.82, 2.24) is 10.2 Å². The SMILES string of the molecule is CCSCC(C)N1C(=O)NC(=O)C(CC)C1=O. The number of hydrogen-bond acceptors (Lipinski definition) is 4. The Kier molecular flexibility index (Phi) is 4.99. The van der Waals surface area contributed by atoms with E-state index in [4.69, 9.17) is 0 Å². The summed E-state index contributed by atoms with van der Waals surface area (Å²) in [5, 5.41) is 2.24. The van der Waals surface area contributed by atoms with Crippen molar-refractivity contribution in [2.75, 3.05) is 11.5 Å². The summed E-state index contributed by atoms with van der Waals surface area (Å²) in [5.74, 6) is 0.0612. The van der Waals surface area contributed by atoms with Crippen LogP contribution >= 0.6 is 11.8 Å².